The molecular weight excluding hydrogens is 518 g/mol. The number of nitrogens with zero attached hydrogens (tertiary/aromatic N) is 1. The molecule has 3 aromatic carbocycles. The van der Waals surface area contributed by atoms with Crippen LogP contribution in [0.5, 0.6) is 0 Å². The van der Waals surface area contributed by atoms with E-state index in [-0.39, 0.29) is 36.2 Å². The van der Waals surface area contributed by atoms with Crippen LogP contribution in [0.4, 0.5) is 11.4 Å². The smallest absolute Gasteiger partial charge is 0.250 e. The van der Waals surface area contributed by atoms with Crippen molar-refractivity contribution in [3.05, 3.63) is 72.8 Å². The van der Waals surface area contributed by atoms with E-state index in [4.69, 9.17) is 4.74 Å². The molecule has 2 bridgehead atoms. The van der Waals surface area contributed by atoms with E-state index in [0.29, 0.717) is 17.8 Å². The van der Waals surface area contributed by atoms with Crippen molar-refractivity contribution in [1.29, 1.82) is 0 Å². The number of aliphatic hydroxyl groups excluding tert-OH is 1. The van der Waals surface area contributed by atoms with Gasteiger partial charge >= 0.3 is 0 Å². The van der Waals surface area contributed by atoms with Gasteiger partial charge in [0.15, 0.2) is 0 Å². The second-order valence-electron chi connectivity index (χ2n) is 12.3. The normalized spacial score (nSPS) is 31.0. The number of benzene rings is 3. The molecule has 3 unspecified atom stereocenters. The summed E-state index contributed by atoms with van der Waals surface area (Å²) in [4.78, 5) is 44.1. The molecule has 3 N–H and O–H groups in total. The lowest BCUT2D eigenvalue weighted by Gasteiger charge is -2.38. The highest BCUT2D eigenvalue weighted by molar-refractivity contribution is 6.06. The maximum atomic E-state index is 14.4. The summed E-state index contributed by atoms with van der Waals surface area (Å²) in [5.74, 6) is -2.86. The van der Waals surface area contributed by atoms with Gasteiger partial charge in [-0.2, -0.15) is 0 Å². The Bertz CT molecular complexity index is 1510. The number of anilines is 2. The molecule has 3 amide bonds. The lowest BCUT2D eigenvalue weighted by Crippen LogP contribution is -2.57. The molecule has 3 aliphatic heterocycles. The lowest BCUT2D eigenvalue weighted by molar-refractivity contribution is -0.149. The molecule has 7 atom stereocenters. The zero-order chi connectivity index (χ0) is 29.1. The number of fused-ring (bicyclic) bond motifs is 2. The minimum Gasteiger partial charge on any atom is -0.394 e. The average Bonchev–Trinajstić information content (AvgIpc) is 3.46. The van der Waals surface area contributed by atoms with Gasteiger partial charge in [0.2, 0.25) is 17.7 Å². The van der Waals surface area contributed by atoms with Crippen molar-refractivity contribution in [1.82, 2.24) is 4.90 Å². The minimum atomic E-state index is -1.20. The summed E-state index contributed by atoms with van der Waals surface area (Å²) < 4.78 is 6.81. The summed E-state index contributed by atoms with van der Waals surface area (Å²) in [6.07, 6.45) is 0.456. The maximum Gasteiger partial charge on any atom is 0.250 e. The van der Waals surface area contributed by atoms with Gasteiger partial charge in [-0.05, 0) is 60.2 Å². The monoisotopic (exact) mass is 555 g/mol. The number of nitrogens with one attached hydrogen (secondary N) is 2. The number of amides is 3. The van der Waals surface area contributed by atoms with E-state index < -0.39 is 35.1 Å². The van der Waals surface area contributed by atoms with Crippen LogP contribution in [-0.2, 0) is 19.1 Å². The molecule has 0 aromatic heterocycles. The van der Waals surface area contributed by atoms with E-state index in [1.807, 2.05) is 88.4 Å². The predicted molar refractivity (Wildman–Crippen MR) is 157 cm³/mol. The highest BCUT2D eigenvalue weighted by atomic mass is 16.5. The number of rotatable bonds is 7. The molecule has 1 spiro atoms. The fraction of sp³-hybridized carbons (Fsp3) is 0.424. The molecule has 3 heterocycles. The molecule has 0 radical (unpaired) electrons. The topological polar surface area (TPSA) is 108 Å². The zero-order valence-corrected chi connectivity index (χ0v) is 23.8. The molecule has 8 nitrogen and oxygen atoms in total. The second-order valence-corrected chi connectivity index (χ2v) is 12.3. The summed E-state index contributed by atoms with van der Waals surface area (Å²) in [6, 6.07) is 21.1. The number of carbonyl (C=O) groups excluding carboxylic acids is 3. The van der Waals surface area contributed by atoms with Crippen LogP contribution < -0.4 is 10.6 Å². The highest BCUT2D eigenvalue weighted by Gasteiger charge is 2.80. The Kier molecular flexibility index (Phi) is 6.66. The van der Waals surface area contributed by atoms with Gasteiger partial charge < -0.3 is 25.4 Å². The van der Waals surface area contributed by atoms with Crippen LogP contribution in [0.15, 0.2) is 72.8 Å². The zero-order valence-electron chi connectivity index (χ0n) is 23.8. The van der Waals surface area contributed by atoms with E-state index in [0.717, 1.165) is 10.8 Å². The number of aliphatic hydroxyl groups is 1. The molecular formula is C33H37N3O5. The Morgan fingerprint density at radius 2 is 1.63 bits per heavy atom. The summed E-state index contributed by atoms with van der Waals surface area (Å²) >= 11 is 0. The summed E-state index contributed by atoms with van der Waals surface area (Å²) in [6.45, 7) is 7.44. The molecule has 3 aromatic rings. The van der Waals surface area contributed by atoms with Gasteiger partial charge in [-0.3, -0.25) is 14.4 Å². The Hall–Kier alpha value is -3.75. The number of ether oxygens (including phenoxy) is 1. The van der Waals surface area contributed by atoms with Gasteiger partial charge in [0.1, 0.15) is 11.6 Å². The molecule has 0 saturated carbocycles. The third kappa shape index (κ3) is 4.15. The van der Waals surface area contributed by atoms with Gasteiger partial charge in [0.05, 0.1) is 30.1 Å². The van der Waals surface area contributed by atoms with Crippen LogP contribution in [0.25, 0.3) is 10.8 Å². The number of likely N-dealkylation sites (tertiary alicyclic amines) is 1. The van der Waals surface area contributed by atoms with Crippen LogP contribution in [0.1, 0.15) is 34.1 Å². The first kappa shape index (κ1) is 27.4. The van der Waals surface area contributed by atoms with Crippen molar-refractivity contribution in [2.75, 3.05) is 17.2 Å². The van der Waals surface area contributed by atoms with Gasteiger partial charge in [-0.15, -0.1) is 0 Å². The van der Waals surface area contributed by atoms with E-state index in [1.165, 1.54) is 4.90 Å². The SMILES string of the molecule is CC(C)[C@H](CO)N1C(=O)[C@@H]2[C@@H](C(=O)Nc3ccccc3)[C@]3(C)OC2(CC3C)C1C(=O)Nc1ccc2ccccc2c1. The first-order valence-electron chi connectivity index (χ1n) is 14.4. The fourth-order valence-corrected chi connectivity index (χ4v) is 7.57. The molecule has 8 heteroatoms. The average molecular weight is 556 g/mol. The second kappa shape index (κ2) is 9.96. The van der Waals surface area contributed by atoms with Crippen molar-refractivity contribution in [3.63, 3.8) is 0 Å². The molecule has 3 aliphatic rings. The van der Waals surface area contributed by atoms with Gasteiger partial charge in [0.25, 0.3) is 0 Å². The molecule has 3 saturated heterocycles. The fourth-order valence-electron chi connectivity index (χ4n) is 7.57. The minimum absolute atomic E-state index is 0.0828. The number of hydrogen-bond acceptors (Lipinski definition) is 5. The number of hydrogen-bond donors (Lipinski definition) is 3. The van der Waals surface area contributed by atoms with E-state index in [1.54, 1.807) is 12.1 Å². The van der Waals surface area contributed by atoms with Crippen LogP contribution in [-0.4, -0.2) is 57.6 Å². The molecule has 214 valence electrons. The van der Waals surface area contributed by atoms with Crippen molar-refractivity contribution >= 4 is 39.9 Å². The number of para-hydroxylation sites is 1. The van der Waals surface area contributed by atoms with Crippen LogP contribution in [0, 0.1) is 23.7 Å². The molecule has 0 aliphatic carbocycles. The van der Waals surface area contributed by atoms with Crippen LogP contribution in [0.3, 0.4) is 0 Å². The van der Waals surface area contributed by atoms with Crippen LogP contribution >= 0.6 is 0 Å². The highest BCUT2D eigenvalue weighted by Crippen LogP contribution is 2.65. The maximum absolute atomic E-state index is 14.4. The molecule has 41 heavy (non-hydrogen) atoms. The first-order valence-corrected chi connectivity index (χ1v) is 14.4. The molecule has 3 fully saturated rings. The Morgan fingerprint density at radius 3 is 2.32 bits per heavy atom. The Morgan fingerprint density at radius 1 is 0.976 bits per heavy atom. The quantitative estimate of drug-likeness (QED) is 0.400. The van der Waals surface area contributed by atoms with Crippen molar-refractivity contribution in [2.45, 2.75) is 57.4 Å². The third-order valence-electron chi connectivity index (χ3n) is 9.66. The predicted octanol–water partition coefficient (Wildman–Crippen LogP) is 4.44. The van der Waals surface area contributed by atoms with Gasteiger partial charge in [-0.25, -0.2) is 0 Å². The summed E-state index contributed by atoms with van der Waals surface area (Å²) in [5.41, 5.74) is -0.892. The van der Waals surface area contributed by atoms with Crippen LogP contribution in [0.2, 0.25) is 0 Å². The molecule has 6 rings (SSSR count). The van der Waals surface area contributed by atoms with E-state index in [9.17, 15) is 19.5 Å². The van der Waals surface area contributed by atoms with Gasteiger partial charge in [0, 0.05) is 11.4 Å². The van der Waals surface area contributed by atoms with Crippen molar-refractivity contribution < 1.29 is 24.2 Å². The Balaban J connectivity index is 1.41. The lowest BCUT2D eigenvalue weighted by atomic mass is 9.62. The standard InChI is InChI=1S/C33H37N3O5/c1-19(2)25(18-37)36-28(30(39)35-24-15-14-21-10-8-9-11-22(21)16-24)33-17-20(3)32(4,41-33)26(27(33)31(36)40)29(38)34-23-12-6-5-7-13-23/h5-16,19-20,25-28,37H,17-18H2,1-4H3,(H,34,38)(H,35,39)/t20?,25-,26-,27-,28?,32+,33?/m0/s1. The summed E-state index contributed by atoms with van der Waals surface area (Å²) in [7, 11) is 0. The largest absolute Gasteiger partial charge is 0.394 e. The van der Waals surface area contributed by atoms with Gasteiger partial charge in [-0.1, -0.05) is 69.3 Å². The Labute approximate surface area is 240 Å². The van der Waals surface area contributed by atoms with Crippen molar-refractivity contribution in [3.8, 4) is 0 Å². The van der Waals surface area contributed by atoms with Crippen molar-refractivity contribution in [2.24, 2.45) is 23.7 Å². The first-order chi connectivity index (χ1) is 19.6. The van der Waals surface area contributed by atoms with E-state index in [2.05, 4.69) is 10.6 Å². The number of carbonyl (C=O) groups is 3. The summed E-state index contributed by atoms with van der Waals surface area (Å²) in [5, 5.41) is 18.5. The third-order valence-corrected chi connectivity index (χ3v) is 9.66. The van der Waals surface area contributed by atoms with E-state index >= 15 is 0 Å².